The predicted molar refractivity (Wildman–Crippen MR) is 110 cm³/mol. The zero-order valence-electron chi connectivity index (χ0n) is 15.9. The van der Waals surface area contributed by atoms with E-state index in [0.717, 1.165) is 0 Å². The maximum Gasteiger partial charge on any atom is 0.286 e. The number of amidine groups is 1. The van der Waals surface area contributed by atoms with Gasteiger partial charge in [-0.25, -0.2) is 0 Å². The fourth-order valence-electron chi connectivity index (χ4n) is 3.41. The zero-order chi connectivity index (χ0) is 20.5. The van der Waals surface area contributed by atoms with Crippen LogP contribution in [0.5, 0.6) is 0 Å². The third kappa shape index (κ3) is 4.10. The van der Waals surface area contributed by atoms with Crippen molar-refractivity contribution in [3.8, 4) is 11.3 Å². The number of rotatable bonds is 3. The van der Waals surface area contributed by atoms with E-state index in [2.05, 4.69) is 9.89 Å². The fourth-order valence-corrected chi connectivity index (χ4v) is 4.32. The van der Waals surface area contributed by atoms with Crippen LogP contribution < -0.4 is 0 Å². The highest BCUT2D eigenvalue weighted by Gasteiger charge is 2.31. The maximum absolute atomic E-state index is 12.3. The van der Waals surface area contributed by atoms with Crippen molar-refractivity contribution in [2.24, 2.45) is 4.99 Å². The van der Waals surface area contributed by atoms with Crippen LogP contribution in [0.4, 0.5) is 5.69 Å². The van der Waals surface area contributed by atoms with Gasteiger partial charge in [0.15, 0.2) is 5.17 Å². The summed E-state index contributed by atoms with van der Waals surface area (Å²) in [7, 11) is 0. The Morgan fingerprint density at radius 1 is 1.21 bits per heavy atom. The Balaban J connectivity index is 1.53. The number of nitro benzene ring substituents is 1. The number of nitrogens with zero attached hydrogens (tertiary/aromatic N) is 3. The molecule has 3 heterocycles. The van der Waals surface area contributed by atoms with Gasteiger partial charge in [-0.3, -0.25) is 14.9 Å². The molecule has 1 saturated heterocycles. The van der Waals surface area contributed by atoms with Crippen molar-refractivity contribution in [1.29, 1.82) is 0 Å². The van der Waals surface area contributed by atoms with Gasteiger partial charge in [-0.2, -0.15) is 4.99 Å². The van der Waals surface area contributed by atoms with Crippen molar-refractivity contribution >= 4 is 34.6 Å². The number of nitro groups is 1. The fraction of sp³-hybridized carbons (Fsp3) is 0.300. The van der Waals surface area contributed by atoms with Crippen molar-refractivity contribution < 1.29 is 18.9 Å². The average molecular weight is 413 g/mol. The first kappa shape index (κ1) is 19.4. The van der Waals surface area contributed by atoms with Crippen LogP contribution in [0.3, 0.4) is 0 Å². The molecule has 4 rings (SSSR count). The maximum atomic E-state index is 12.3. The SMILES string of the molecule is CC1CN(C2=NC(=O)/C(=C\c3ccc(-c4ccccc4[N+](=O)[O-])o3)S2)CC(C)O1. The Morgan fingerprint density at radius 2 is 1.93 bits per heavy atom. The summed E-state index contributed by atoms with van der Waals surface area (Å²) in [4.78, 5) is 29.8. The van der Waals surface area contributed by atoms with Crippen molar-refractivity contribution in [3.63, 3.8) is 0 Å². The highest BCUT2D eigenvalue weighted by Crippen LogP contribution is 2.34. The molecule has 0 aliphatic carbocycles. The van der Waals surface area contributed by atoms with Crippen molar-refractivity contribution in [1.82, 2.24) is 4.90 Å². The van der Waals surface area contributed by atoms with Crippen LogP contribution in [0.1, 0.15) is 19.6 Å². The highest BCUT2D eigenvalue weighted by atomic mass is 32.2. The first-order valence-electron chi connectivity index (χ1n) is 9.17. The number of thioether (sulfide) groups is 1. The second-order valence-corrected chi connectivity index (χ2v) is 7.96. The van der Waals surface area contributed by atoms with Gasteiger partial charge in [0, 0.05) is 25.2 Å². The van der Waals surface area contributed by atoms with Crippen molar-refractivity contribution in [2.75, 3.05) is 13.1 Å². The molecule has 29 heavy (non-hydrogen) atoms. The Hall–Kier alpha value is -2.91. The van der Waals surface area contributed by atoms with Gasteiger partial charge in [0.25, 0.3) is 11.6 Å². The minimum absolute atomic E-state index is 0.0338. The monoisotopic (exact) mass is 413 g/mol. The first-order chi connectivity index (χ1) is 13.9. The molecule has 1 fully saturated rings. The van der Waals surface area contributed by atoms with E-state index < -0.39 is 4.92 Å². The molecule has 8 nitrogen and oxygen atoms in total. The minimum atomic E-state index is -0.448. The summed E-state index contributed by atoms with van der Waals surface area (Å²) in [5.74, 6) is 0.492. The number of hydrogen-bond acceptors (Lipinski definition) is 7. The largest absolute Gasteiger partial charge is 0.456 e. The van der Waals surface area contributed by atoms with Crippen LogP contribution >= 0.6 is 11.8 Å². The molecule has 1 aromatic heterocycles. The van der Waals surface area contributed by atoms with Gasteiger partial charge in [-0.15, -0.1) is 0 Å². The van der Waals surface area contributed by atoms with Crippen LogP contribution in [-0.2, 0) is 9.53 Å². The second-order valence-electron chi connectivity index (χ2n) is 6.95. The van der Waals surface area contributed by atoms with E-state index in [9.17, 15) is 14.9 Å². The Bertz CT molecular complexity index is 1020. The van der Waals surface area contributed by atoms with Gasteiger partial charge in [-0.1, -0.05) is 12.1 Å². The van der Waals surface area contributed by atoms with E-state index in [1.54, 1.807) is 36.4 Å². The number of para-hydroxylation sites is 1. The van der Waals surface area contributed by atoms with E-state index in [1.807, 2.05) is 13.8 Å². The van der Waals surface area contributed by atoms with E-state index >= 15 is 0 Å². The second kappa shape index (κ2) is 7.84. The van der Waals surface area contributed by atoms with Crippen molar-refractivity contribution in [2.45, 2.75) is 26.1 Å². The summed E-state index contributed by atoms with van der Waals surface area (Å²) >= 11 is 1.30. The molecule has 0 bridgehead atoms. The number of benzene rings is 1. The van der Waals surface area contributed by atoms with Crippen LogP contribution in [0.25, 0.3) is 17.4 Å². The zero-order valence-corrected chi connectivity index (χ0v) is 16.7. The van der Waals surface area contributed by atoms with Crippen LogP contribution in [0.2, 0.25) is 0 Å². The molecular formula is C20H19N3O5S. The molecule has 0 spiro atoms. The lowest BCUT2D eigenvalue weighted by atomic mass is 10.1. The molecule has 2 aromatic rings. The van der Waals surface area contributed by atoms with Gasteiger partial charge in [0.1, 0.15) is 11.5 Å². The van der Waals surface area contributed by atoms with Gasteiger partial charge >= 0.3 is 0 Å². The summed E-state index contributed by atoms with van der Waals surface area (Å²) < 4.78 is 11.5. The lowest BCUT2D eigenvalue weighted by Crippen LogP contribution is -2.47. The van der Waals surface area contributed by atoms with Gasteiger partial charge in [-0.05, 0) is 43.8 Å². The molecular weight excluding hydrogens is 394 g/mol. The molecule has 2 unspecified atom stereocenters. The summed E-state index contributed by atoms with van der Waals surface area (Å²) in [5, 5.41) is 11.9. The number of aliphatic imine (C=N–C) groups is 1. The number of carbonyl (C=O) groups excluding carboxylic acids is 1. The predicted octanol–water partition coefficient (Wildman–Crippen LogP) is 3.93. The molecule has 9 heteroatoms. The first-order valence-corrected chi connectivity index (χ1v) is 9.99. The summed E-state index contributed by atoms with van der Waals surface area (Å²) in [6, 6.07) is 9.72. The molecule has 0 N–H and O–H groups in total. The molecule has 150 valence electrons. The molecule has 2 aliphatic heterocycles. The van der Waals surface area contributed by atoms with Crippen LogP contribution in [0, 0.1) is 10.1 Å². The minimum Gasteiger partial charge on any atom is -0.456 e. The van der Waals surface area contributed by atoms with E-state index in [4.69, 9.17) is 9.15 Å². The summed E-state index contributed by atoms with van der Waals surface area (Å²) in [6.07, 6.45) is 1.76. The number of amides is 1. The van der Waals surface area contributed by atoms with E-state index in [1.165, 1.54) is 17.8 Å². The number of ether oxygens (including phenoxy) is 1. The standard InChI is InChI=1S/C20H19N3O5S/c1-12-10-22(11-13(2)27-12)20-21-19(24)18(29-20)9-14-7-8-17(28-14)15-5-3-4-6-16(15)23(25)26/h3-9,12-13H,10-11H2,1-2H3/b18-9+. The third-order valence-electron chi connectivity index (χ3n) is 4.57. The third-order valence-corrected chi connectivity index (χ3v) is 5.61. The van der Waals surface area contributed by atoms with Crippen molar-refractivity contribution in [3.05, 3.63) is 57.2 Å². The molecule has 1 amide bonds. The molecule has 2 atom stereocenters. The molecule has 2 aliphatic rings. The number of hydrogen-bond donors (Lipinski definition) is 0. The van der Waals surface area contributed by atoms with Gasteiger partial charge < -0.3 is 14.1 Å². The number of carbonyl (C=O) groups is 1. The highest BCUT2D eigenvalue weighted by molar-refractivity contribution is 8.18. The van der Waals surface area contributed by atoms with Gasteiger partial charge in [0.2, 0.25) is 0 Å². The van der Waals surface area contributed by atoms with E-state index in [-0.39, 0.29) is 23.8 Å². The lowest BCUT2D eigenvalue weighted by molar-refractivity contribution is -0.384. The quantitative estimate of drug-likeness (QED) is 0.427. The topological polar surface area (TPSA) is 98.2 Å². The Kier molecular flexibility index (Phi) is 5.25. The van der Waals surface area contributed by atoms with E-state index in [0.29, 0.717) is 40.2 Å². The smallest absolute Gasteiger partial charge is 0.286 e. The number of furan rings is 1. The van der Waals surface area contributed by atoms with Crippen LogP contribution in [0.15, 0.2) is 50.7 Å². The number of morpholine rings is 1. The van der Waals surface area contributed by atoms with Gasteiger partial charge in [0.05, 0.1) is 27.6 Å². The normalized spacial score (nSPS) is 23.5. The molecule has 0 saturated carbocycles. The molecule has 0 radical (unpaired) electrons. The molecule has 1 aromatic carbocycles. The Labute approximate surface area is 171 Å². The summed E-state index contributed by atoms with van der Waals surface area (Å²) in [5.41, 5.74) is 0.356. The Morgan fingerprint density at radius 3 is 2.66 bits per heavy atom. The lowest BCUT2D eigenvalue weighted by Gasteiger charge is -2.35. The van der Waals surface area contributed by atoms with Crippen LogP contribution in [-0.4, -0.2) is 46.2 Å². The summed E-state index contributed by atoms with van der Waals surface area (Å²) in [6.45, 7) is 5.35. The average Bonchev–Trinajstić information content (AvgIpc) is 3.28.